The van der Waals surface area contributed by atoms with Crippen molar-refractivity contribution in [2.75, 3.05) is 6.54 Å². The zero-order valence-corrected chi connectivity index (χ0v) is 10.1. The molecule has 2 aromatic rings. The first kappa shape index (κ1) is 12.2. The van der Waals surface area contributed by atoms with Crippen LogP contribution in [0.5, 0.6) is 0 Å². The Bertz CT molecular complexity index is 468. The van der Waals surface area contributed by atoms with E-state index in [0.717, 1.165) is 25.1 Å². The summed E-state index contributed by atoms with van der Waals surface area (Å²) in [5.41, 5.74) is 1.64. The lowest BCUT2D eigenvalue weighted by Gasteiger charge is -2.05. The third kappa shape index (κ3) is 3.61. The van der Waals surface area contributed by atoms with Crippen molar-refractivity contribution in [2.24, 2.45) is 0 Å². The molecular formula is C13H13F2NS. The average Bonchev–Trinajstić information content (AvgIpc) is 2.82. The van der Waals surface area contributed by atoms with Crippen LogP contribution in [0.25, 0.3) is 0 Å². The lowest BCUT2D eigenvalue weighted by atomic mass is 10.2. The van der Waals surface area contributed by atoms with E-state index in [4.69, 9.17) is 0 Å². The molecule has 1 heterocycles. The zero-order valence-electron chi connectivity index (χ0n) is 9.25. The van der Waals surface area contributed by atoms with Gasteiger partial charge in [0, 0.05) is 12.1 Å². The number of benzene rings is 1. The third-order valence-electron chi connectivity index (χ3n) is 2.49. The van der Waals surface area contributed by atoms with Gasteiger partial charge in [0.1, 0.15) is 11.6 Å². The molecule has 2 rings (SSSR count). The molecule has 4 heteroatoms. The fourth-order valence-electron chi connectivity index (χ4n) is 1.57. The van der Waals surface area contributed by atoms with Crippen LogP contribution in [0.4, 0.5) is 8.78 Å². The maximum Gasteiger partial charge on any atom is 0.127 e. The monoisotopic (exact) mass is 253 g/mol. The van der Waals surface area contributed by atoms with Crippen LogP contribution in [0.1, 0.15) is 11.1 Å². The van der Waals surface area contributed by atoms with Crippen molar-refractivity contribution in [1.82, 2.24) is 5.32 Å². The molecule has 90 valence electrons. The largest absolute Gasteiger partial charge is 0.312 e. The van der Waals surface area contributed by atoms with E-state index in [9.17, 15) is 8.78 Å². The molecule has 0 saturated heterocycles. The Morgan fingerprint density at radius 1 is 1.18 bits per heavy atom. The highest BCUT2D eigenvalue weighted by Gasteiger charge is 2.03. The molecular weight excluding hydrogens is 240 g/mol. The molecule has 1 aromatic carbocycles. The van der Waals surface area contributed by atoms with E-state index in [0.29, 0.717) is 12.1 Å². The maximum absolute atomic E-state index is 13.3. The average molecular weight is 253 g/mol. The van der Waals surface area contributed by atoms with Gasteiger partial charge < -0.3 is 5.32 Å². The second-order valence-electron chi connectivity index (χ2n) is 3.79. The molecule has 1 aromatic heterocycles. The van der Waals surface area contributed by atoms with Crippen molar-refractivity contribution in [3.8, 4) is 0 Å². The SMILES string of the molecule is Fc1ccc(F)c(CNCCc2ccsc2)c1. The molecule has 0 fully saturated rings. The van der Waals surface area contributed by atoms with Crippen LogP contribution in [0.15, 0.2) is 35.0 Å². The minimum Gasteiger partial charge on any atom is -0.312 e. The highest BCUT2D eigenvalue weighted by atomic mass is 32.1. The van der Waals surface area contributed by atoms with Gasteiger partial charge in [-0.3, -0.25) is 0 Å². The molecule has 1 N–H and O–H groups in total. The third-order valence-corrected chi connectivity index (χ3v) is 3.23. The van der Waals surface area contributed by atoms with Crippen LogP contribution in [0.2, 0.25) is 0 Å². The summed E-state index contributed by atoms with van der Waals surface area (Å²) in [5, 5.41) is 7.22. The van der Waals surface area contributed by atoms with Gasteiger partial charge in [-0.15, -0.1) is 0 Å². The lowest BCUT2D eigenvalue weighted by molar-refractivity contribution is 0.569. The van der Waals surface area contributed by atoms with Crippen molar-refractivity contribution in [1.29, 1.82) is 0 Å². The topological polar surface area (TPSA) is 12.0 Å². The summed E-state index contributed by atoms with van der Waals surface area (Å²) in [4.78, 5) is 0. The molecule has 17 heavy (non-hydrogen) atoms. The van der Waals surface area contributed by atoms with E-state index in [1.54, 1.807) is 11.3 Å². The summed E-state index contributed by atoms with van der Waals surface area (Å²) in [6.07, 6.45) is 0.903. The number of hydrogen-bond acceptors (Lipinski definition) is 2. The summed E-state index contributed by atoms with van der Waals surface area (Å²) in [7, 11) is 0. The van der Waals surface area contributed by atoms with Gasteiger partial charge in [0.25, 0.3) is 0 Å². The first-order valence-corrected chi connectivity index (χ1v) is 6.36. The van der Waals surface area contributed by atoms with E-state index in [1.807, 2.05) is 5.38 Å². The van der Waals surface area contributed by atoms with E-state index in [-0.39, 0.29) is 5.82 Å². The predicted molar refractivity (Wildman–Crippen MR) is 66.1 cm³/mol. The van der Waals surface area contributed by atoms with Crippen LogP contribution in [0, 0.1) is 11.6 Å². The van der Waals surface area contributed by atoms with E-state index >= 15 is 0 Å². The molecule has 0 saturated carbocycles. The highest BCUT2D eigenvalue weighted by Crippen LogP contribution is 2.09. The minimum absolute atomic E-state index is 0.355. The second-order valence-corrected chi connectivity index (χ2v) is 4.57. The Morgan fingerprint density at radius 3 is 2.82 bits per heavy atom. The molecule has 0 bridgehead atoms. The lowest BCUT2D eigenvalue weighted by Crippen LogP contribution is -2.17. The molecule has 0 aliphatic rings. The summed E-state index contributed by atoms with van der Waals surface area (Å²) in [6.45, 7) is 1.11. The second kappa shape index (κ2) is 5.89. The van der Waals surface area contributed by atoms with Gasteiger partial charge in [-0.05, 0) is 53.6 Å². The number of rotatable bonds is 5. The van der Waals surface area contributed by atoms with Crippen molar-refractivity contribution in [2.45, 2.75) is 13.0 Å². The van der Waals surface area contributed by atoms with Crippen molar-refractivity contribution < 1.29 is 8.78 Å². The standard InChI is InChI=1S/C13H13F2NS/c14-12-1-2-13(15)11(7-12)8-16-5-3-10-4-6-17-9-10/h1-2,4,6-7,9,16H,3,5,8H2. The van der Waals surface area contributed by atoms with Crippen molar-refractivity contribution in [3.63, 3.8) is 0 Å². The molecule has 0 spiro atoms. The molecule has 0 aliphatic carbocycles. The Hall–Kier alpha value is -1.26. The summed E-state index contributed by atoms with van der Waals surface area (Å²) < 4.78 is 26.2. The maximum atomic E-state index is 13.3. The van der Waals surface area contributed by atoms with Crippen LogP contribution in [-0.2, 0) is 13.0 Å². The molecule has 0 aliphatic heterocycles. The summed E-state index contributed by atoms with van der Waals surface area (Å²) in [5.74, 6) is -0.768. The Balaban J connectivity index is 1.80. The normalized spacial score (nSPS) is 10.7. The van der Waals surface area contributed by atoms with Crippen molar-refractivity contribution >= 4 is 11.3 Å². The number of thiophene rings is 1. The van der Waals surface area contributed by atoms with Crippen LogP contribution in [0.3, 0.4) is 0 Å². The smallest absolute Gasteiger partial charge is 0.127 e. The van der Waals surface area contributed by atoms with E-state index in [1.165, 1.54) is 11.6 Å². The van der Waals surface area contributed by atoms with Gasteiger partial charge in [0.05, 0.1) is 0 Å². The molecule has 0 atom stereocenters. The van der Waals surface area contributed by atoms with E-state index in [2.05, 4.69) is 16.8 Å². The zero-order chi connectivity index (χ0) is 12.1. The highest BCUT2D eigenvalue weighted by molar-refractivity contribution is 7.07. The first-order valence-electron chi connectivity index (χ1n) is 5.41. The number of nitrogens with one attached hydrogen (secondary N) is 1. The quantitative estimate of drug-likeness (QED) is 0.806. The molecule has 1 nitrogen and oxygen atoms in total. The fraction of sp³-hybridized carbons (Fsp3) is 0.231. The Morgan fingerprint density at radius 2 is 2.06 bits per heavy atom. The van der Waals surface area contributed by atoms with Crippen LogP contribution < -0.4 is 5.32 Å². The fourth-order valence-corrected chi connectivity index (χ4v) is 2.27. The minimum atomic E-state index is -0.402. The summed E-state index contributed by atoms with van der Waals surface area (Å²) >= 11 is 1.66. The summed E-state index contributed by atoms with van der Waals surface area (Å²) in [6, 6.07) is 5.58. The first-order chi connectivity index (χ1) is 8.25. The van der Waals surface area contributed by atoms with E-state index < -0.39 is 5.82 Å². The van der Waals surface area contributed by atoms with Crippen LogP contribution in [-0.4, -0.2) is 6.54 Å². The Labute approximate surface area is 103 Å². The van der Waals surface area contributed by atoms with Gasteiger partial charge in [0.15, 0.2) is 0 Å². The number of halogens is 2. The van der Waals surface area contributed by atoms with Gasteiger partial charge in [-0.1, -0.05) is 0 Å². The van der Waals surface area contributed by atoms with Gasteiger partial charge in [-0.2, -0.15) is 11.3 Å². The predicted octanol–water partition coefficient (Wildman–Crippen LogP) is 3.36. The van der Waals surface area contributed by atoms with Crippen LogP contribution >= 0.6 is 11.3 Å². The molecule has 0 amide bonds. The Kier molecular flexibility index (Phi) is 4.23. The number of hydrogen-bond donors (Lipinski definition) is 1. The van der Waals surface area contributed by atoms with Gasteiger partial charge >= 0.3 is 0 Å². The van der Waals surface area contributed by atoms with Crippen molar-refractivity contribution in [3.05, 3.63) is 57.8 Å². The molecule has 0 unspecified atom stereocenters. The van der Waals surface area contributed by atoms with Gasteiger partial charge in [-0.25, -0.2) is 8.78 Å². The molecule has 0 radical (unpaired) electrons. The van der Waals surface area contributed by atoms with Gasteiger partial charge in [0.2, 0.25) is 0 Å².